The van der Waals surface area contributed by atoms with Crippen molar-refractivity contribution in [2.24, 2.45) is 47.3 Å². The van der Waals surface area contributed by atoms with Crippen molar-refractivity contribution in [1.29, 1.82) is 0 Å². The number of benzene rings is 8. The molecule has 0 heterocycles. The maximum absolute atomic E-state index is 5.52. The lowest BCUT2D eigenvalue weighted by atomic mass is 9.77. The molecule has 16 rings (SSSR count). The van der Waals surface area contributed by atoms with E-state index in [0.717, 1.165) is 167 Å². The molecule has 0 N–H and O–H groups in total. The molecule has 8 fully saturated rings. The molecule has 8 aromatic rings. The summed E-state index contributed by atoms with van der Waals surface area (Å²) in [6.45, 7) is 29.6. The molecule has 0 saturated heterocycles. The smallest absolute Gasteiger partial charge is 0.119 e. The van der Waals surface area contributed by atoms with Crippen LogP contribution >= 0.6 is 0 Å². The summed E-state index contributed by atoms with van der Waals surface area (Å²) in [5.41, 5.74) is 12.0. The summed E-state index contributed by atoms with van der Waals surface area (Å²) >= 11 is 0. The normalized spacial score (nSPS) is 23.9. The summed E-state index contributed by atoms with van der Waals surface area (Å²) in [5, 5.41) is 0. The van der Waals surface area contributed by atoms with Gasteiger partial charge in [-0.25, -0.2) is 0 Å². The summed E-state index contributed by atoms with van der Waals surface area (Å²) in [7, 11) is 6.91. The first kappa shape index (κ1) is 120. The van der Waals surface area contributed by atoms with Gasteiger partial charge in [0, 0.05) is 0 Å². The average molecular weight is 1970 g/mol. The minimum atomic E-state index is 0.751. The average Bonchev–Trinajstić information content (AvgIpc) is 0.881. The Balaban J connectivity index is 0.000000183. The zero-order valence-corrected chi connectivity index (χ0v) is 94.6. The van der Waals surface area contributed by atoms with Gasteiger partial charge in [0.25, 0.3) is 0 Å². The molecule has 8 heteroatoms. The zero-order chi connectivity index (χ0) is 102. The van der Waals surface area contributed by atoms with E-state index in [1.165, 1.54) is 378 Å². The van der Waals surface area contributed by atoms with E-state index in [1.807, 2.05) is 27.7 Å². The lowest BCUT2D eigenvalue weighted by Crippen LogP contribution is -2.13. The van der Waals surface area contributed by atoms with Crippen molar-refractivity contribution in [2.75, 3.05) is 54.9 Å². The van der Waals surface area contributed by atoms with Crippen LogP contribution in [0.4, 0.5) is 0 Å². The Kier molecular flexibility index (Phi) is 59.6. The number of unbranched alkanes of at least 4 members (excludes halogenated alkanes) is 6. The molecule has 0 radical (unpaired) electrons. The highest BCUT2D eigenvalue weighted by molar-refractivity contribution is 5.37. The molecule has 0 spiro atoms. The largest absolute Gasteiger partial charge is 0.497 e. The fourth-order valence-electron chi connectivity index (χ4n) is 25.2. The van der Waals surface area contributed by atoms with Crippen LogP contribution in [0.2, 0.25) is 0 Å². The van der Waals surface area contributed by atoms with Gasteiger partial charge >= 0.3 is 0 Å². The van der Waals surface area contributed by atoms with Crippen LogP contribution in [0.3, 0.4) is 0 Å². The number of methoxy groups -OCH3 is 4. The SMILES string of the molecule is CCC1CCC(c2ccc(OC)cc2)CC1.CCCC1CCC(c2ccc(OC)cc2)CC1.CCCC1CCC(c2ccc(OCC)cc2)CC1.CCCCC1CCC(c2ccc(OC)cc2)CC1.CCCCC1CCC(c2ccc(OCC)cc2)CC1.CCCCCC1CCC(c2ccc(OC)cc2)CC1.CCCCCC1CCC(c2ccc(OCC)cc2)CC1.CCOc1ccc(C2CCC(CC)CC2)cc1. The molecule has 800 valence electrons. The maximum Gasteiger partial charge on any atom is 0.119 e. The molecule has 0 atom stereocenters. The predicted molar refractivity (Wildman–Crippen MR) is 618 cm³/mol. The minimum Gasteiger partial charge on any atom is -0.497 e. The Morgan fingerprint density at radius 2 is 0.299 bits per heavy atom. The maximum atomic E-state index is 5.52. The monoisotopic (exact) mass is 1970 g/mol. The van der Waals surface area contributed by atoms with Crippen LogP contribution in [0.15, 0.2) is 194 Å². The second-order valence-electron chi connectivity index (χ2n) is 44.5. The van der Waals surface area contributed by atoms with Crippen molar-refractivity contribution in [3.05, 3.63) is 239 Å². The van der Waals surface area contributed by atoms with Crippen LogP contribution in [0.1, 0.15) is 509 Å². The summed E-state index contributed by atoms with van der Waals surface area (Å²) in [4.78, 5) is 0. The van der Waals surface area contributed by atoms with Crippen molar-refractivity contribution < 1.29 is 37.9 Å². The van der Waals surface area contributed by atoms with Gasteiger partial charge in [0.1, 0.15) is 46.0 Å². The Bertz CT molecular complexity index is 4380. The van der Waals surface area contributed by atoms with E-state index in [9.17, 15) is 0 Å². The molecule has 8 aromatic carbocycles. The quantitative estimate of drug-likeness (QED) is 0.0352. The first-order chi connectivity index (χ1) is 70.6. The molecule has 8 nitrogen and oxygen atoms in total. The van der Waals surface area contributed by atoms with E-state index >= 15 is 0 Å². The number of hydrogen-bond donors (Lipinski definition) is 0. The van der Waals surface area contributed by atoms with Gasteiger partial charge in [0.05, 0.1) is 54.9 Å². The minimum absolute atomic E-state index is 0.751. The molecular formula is C136H208O8. The van der Waals surface area contributed by atoms with Crippen molar-refractivity contribution in [1.82, 2.24) is 0 Å². The Morgan fingerprint density at radius 3 is 0.438 bits per heavy atom. The van der Waals surface area contributed by atoms with Gasteiger partial charge in [0.15, 0.2) is 0 Å². The Labute approximate surface area is 883 Å². The van der Waals surface area contributed by atoms with Gasteiger partial charge < -0.3 is 37.9 Å². The lowest BCUT2D eigenvalue weighted by molar-refractivity contribution is 0.302. The lowest BCUT2D eigenvalue weighted by Gasteiger charge is -2.29. The van der Waals surface area contributed by atoms with Crippen LogP contribution in [0.25, 0.3) is 0 Å². The summed E-state index contributed by atoms with van der Waals surface area (Å²) in [6.07, 6.45) is 72.8. The standard InChI is InChI=1S/C19H30O.2C18H28O.2C17H26O.2C16H24O.C15H22O/c1-3-5-6-7-16-8-10-17(11-9-16)18-12-14-19(15-13-18)20-4-2;1-3-4-5-6-15-7-9-16(10-8-15)17-11-13-18(19-2)14-12-17;1-3-5-6-15-7-9-16(10-8-15)17-11-13-18(14-12-17)19-4-2;1-3-4-5-14-6-8-15(9-7-14)16-10-12-17(18-2)13-11-16;1-3-5-14-6-8-15(9-7-14)16-10-12-17(13-11-16)18-4-2;1-3-4-13-5-7-14(8-6-13)15-9-11-16(17-2)12-10-15;1-3-13-5-7-14(8-6-13)15-9-11-16(12-10-15)17-4-2;1-3-12-4-6-13(7-5-12)14-8-10-15(16-2)11-9-14/h12-17H,3-11H2,1-2H3;2*11-16H,3-10H2,1-2H3;2*10-15H,3-9H2,1-2H3;2*9-14H,3-8H2,1-2H3;8-13H,3-7H2,1-2H3. The van der Waals surface area contributed by atoms with E-state index < -0.39 is 0 Å². The van der Waals surface area contributed by atoms with E-state index in [1.54, 1.807) is 28.4 Å². The topological polar surface area (TPSA) is 73.8 Å². The third kappa shape index (κ3) is 44.1. The van der Waals surface area contributed by atoms with Crippen LogP contribution < -0.4 is 37.9 Å². The van der Waals surface area contributed by atoms with E-state index in [-0.39, 0.29) is 0 Å². The first-order valence-corrected chi connectivity index (χ1v) is 60.1. The van der Waals surface area contributed by atoms with Gasteiger partial charge in [-0.2, -0.15) is 0 Å². The fourth-order valence-corrected chi connectivity index (χ4v) is 25.2. The van der Waals surface area contributed by atoms with Crippen LogP contribution in [-0.2, 0) is 0 Å². The highest BCUT2D eigenvalue weighted by atomic mass is 16.5. The molecule has 0 amide bonds. The first-order valence-electron chi connectivity index (χ1n) is 60.1. The number of hydrogen-bond acceptors (Lipinski definition) is 8. The second kappa shape index (κ2) is 71.7. The van der Waals surface area contributed by atoms with Crippen LogP contribution in [0, 0.1) is 47.3 Å². The third-order valence-corrected chi connectivity index (χ3v) is 34.7. The van der Waals surface area contributed by atoms with Gasteiger partial charge in [0.2, 0.25) is 0 Å². The zero-order valence-electron chi connectivity index (χ0n) is 94.6. The van der Waals surface area contributed by atoms with Crippen LogP contribution in [-0.4, -0.2) is 54.9 Å². The molecule has 8 saturated carbocycles. The number of rotatable bonds is 40. The Morgan fingerprint density at radius 1 is 0.153 bits per heavy atom. The molecule has 0 aliphatic heterocycles. The van der Waals surface area contributed by atoms with Crippen molar-refractivity contribution in [2.45, 2.75) is 464 Å². The van der Waals surface area contributed by atoms with Crippen molar-refractivity contribution in [3.63, 3.8) is 0 Å². The van der Waals surface area contributed by atoms with Crippen LogP contribution in [0.5, 0.6) is 46.0 Å². The highest BCUT2D eigenvalue weighted by Gasteiger charge is 2.30. The second-order valence-corrected chi connectivity index (χ2v) is 44.5. The van der Waals surface area contributed by atoms with E-state index in [4.69, 9.17) is 37.9 Å². The molecule has 0 aromatic heterocycles. The fraction of sp³-hybridized carbons (Fsp3) is 0.647. The van der Waals surface area contributed by atoms with Gasteiger partial charge in [-0.15, -0.1) is 0 Å². The van der Waals surface area contributed by atoms with Gasteiger partial charge in [-0.05, 0) is 469 Å². The summed E-state index contributed by atoms with van der Waals surface area (Å²) < 4.78 is 42.9. The van der Waals surface area contributed by atoms with Gasteiger partial charge in [-0.1, -0.05) is 281 Å². The van der Waals surface area contributed by atoms with E-state index in [0.29, 0.717) is 0 Å². The molecule has 144 heavy (non-hydrogen) atoms. The molecule has 8 aliphatic carbocycles. The van der Waals surface area contributed by atoms with E-state index in [2.05, 4.69) is 250 Å². The third-order valence-electron chi connectivity index (χ3n) is 34.7. The highest BCUT2D eigenvalue weighted by Crippen LogP contribution is 2.47. The molecule has 0 unspecified atom stereocenters. The predicted octanol–water partition coefficient (Wildman–Crippen LogP) is 41.3. The van der Waals surface area contributed by atoms with Crippen molar-refractivity contribution >= 4 is 0 Å². The molecular weight excluding hydrogens is 1760 g/mol. The summed E-state index contributed by atoms with van der Waals surface area (Å²) in [6, 6.07) is 69.8. The number of ether oxygens (including phenoxy) is 8. The molecule has 8 aliphatic rings. The molecule has 0 bridgehead atoms. The van der Waals surface area contributed by atoms with Crippen molar-refractivity contribution in [3.8, 4) is 46.0 Å². The summed E-state index contributed by atoms with van der Waals surface area (Å²) in [5.74, 6) is 22.1. The Hall–Kier alpha value is -7.84. The van der Waals surface area contributed by atoms with Gasteiger partial charge in [-0.3, -0.25) is 0 Å².